The van der Waals surface area contributed by atoms with Gasteiger partial charge in [-0.05, 0) is 49.1 Å². The van der Waals surface area contributed by atoms with Crippen molar-refractivity contribution >= 4 is 29.1 Å². The Morgan fingerprint density at radius 2 is 2.08 bits per heavy atom. The predicted octanol–water partition coefficient (Wildman–Crippen LogP) is 4.53. The monoisotopic (exact) mass is 377 g/mol. The lowest BCUT2D eigenvalue weighted by Gasteiger charge is -2.39. The summed E-state index contributed by atoms with van der Waals surface area (Å²) < 4.78 is 5.28. The molecule has 1 aromatic carbocycles. The fourth-order valence-corrected chi connectivity index (χ4v) is 4.97. The molecule has 142 valence electrons. The molecule has 0 unspecified atom stereocenters. The van der Waals surface area contributed by atoms with Crippen LogP contribution in [0.2, 0.25) is 5.02 Å². The number of fused-ring (bicyclic) bond motifs is 2. The molecule has 0 aromatic heterocycles. The molecular weight excluding hydrogens is 350 g/mol. The van der Waals surface area contributed by atoms with Crippen LogP contribution in [0.5, 0.6) is 0 Å². The molecule has 1 N–H and O–H groups in total. The zero-order valence-corrected chi connectivity index (χ0v) is 16.8. The minimum Gasteiger partial charge on any atom is -0.460 e. The normalized spacial score (nSPS) is 27.3. The topological polar surface area (TPSA) is 53.9 Å². The van der Waals surface area contributed by atoms with Crippen molar-refractivity contribution in [2.75, 3.05) is 18.6 Å². The van der Waals surface area contributed by atoms with Crippen LogP contribution in [0.15, 0.2) is 29.4 Å². The van der Waals surface area contributed by atoms with E-state index in [1.165, 1.54) is 0 Å². The SMILES string of the molecule is CCOC(=O)/C(=N/Nc1ccccc1Cl)N1C[C@]2(C)C[C@H]1CC(C)(C)C2. The van der Waals surface area contributed by atoms with E-state index in [2.05, 4.69) is 36.2 Å². The van der Waals surface area contributed by atoms with E-state index in [4.69, 9.17) is 16.3 Å². The van der Waals surface area contributed by atoms with Crippen LogP contribution in [0.4, 0.5) is 5.69 Å². The Morgan fingerprint density at radius 1 is 1.35 bits per heavy atom. The van der Waals surface area contributed by atoms with E-state index < -0.39 is 0 Å². The highest BCUT2D eigenvalue weighted by atomic mass is 35.5. The van der Waals surface area contributed by atoms with E-state index in [-0.39, 0.29) is 16.8 Å². The molecule has 1 saturated carbocycles. The van der Waals surface area contributed by atoms with Crippen LogP contribution < -0.4 is 5.43 Å². The van der Waals surface area contributed by atoms with Crippen molar-refractivity contribution in [3.8, 4) is 0 Å². The highest BCUT2D eigenvalue weighted by Crippen LogP contribution is 2.52. The van der Waals surface area contributed by atoms with Gasteiger partial charge >= 0.3 is 5.97 Å². The lowest BCUT2D eigenvalue weighted by atomic mass is 9.65. The first-order valence-electron chi connectivity index (χ1n) is 9.25. The van der Waals surface area contributed by atoms with Gasteiger partial charge in [0, 0.05) is 12.6 Å². The van der Waals surface area contributed by atoms with Crippen LogP contribution in [-0.2, 0) is 9.53 Å². The third kappa shape index (κ3) is 3.98. The maximum Gasteiger partial charge on any atom is 0.376 e. The Kier molecular flexibility index (Phi) is 5.20. The number of halogens is 1. The number of benzene rings is 1. The number of hydrogen-bond acceptors (Lipinski definition) is 4. The molecule has 2 aliphatic rings. The molecule has 0 amide bonds. The third-order valence-corrected chi connectivity index (χ3v) is 5.63. The number of carbonyl (C=O) groups excluding carboxylic acids is 1. The van der Waals surface area contributed by atoms with Crippen LogP contribution in [0.25, 0.3) is 0 Å². The molecule has 0 spiro atoms. The number of carbonyl (C=O) groups is 1. The predicted molar refractivity (Wildman–Crippen MR) is 105 cm³/mol. The number of nitrogens with zero attached hydrogens (tertiary/aromatic N) is 2. The smallest absolute Gasteiger partial charge is 0.376 e. The standard InChI is InChI=1S/C20H28ClN3O2/c1-5-26-18(25)17(23-22-16-9-7-6-8-15(16)21)24-13-20(4)11-14(24)10-19(2,3)12-20/h6-9,14,22H,5,10-13H2,1-4H3/b23-17-/t14-,20-/m1/s1. The fourth-order valence-electron chi connectivity index (χ4n) is 4.80. The Hall–Kier alpha value is -1.75. The minimum absolute atomic E-state index is 0.198. The third-order valence-electron chi connectivity index (χ3n) is 5.30. The largest absolute Gasteiger partial charge is 0.460 e. The second-order valence-corrected chi connectivity index (χ2v) is 9.00. The van der Waals surface area contributed by atoms with Crippen molar-refractivity contribution in [3.05, 3.63) is 29.3 Å². The van der Waals surface area contributed by atoms with Gasteiger partial charge in [0.15, 0.2) is 0 Å². The van der Waals surface area contributed by atoms with Gasteiger partial charge in [0.1, 0.15) is 0 Å². The van der Waals surface area contributed by atoms with Gasteiger partial charge in [0.05, 0.1) is 17.3 Å². The summed E-state index contributed by atoms with van der Waals surface area (Å²) in [6, 6.07) is 7.66. The number of hydrazone groups is 1. The number of amidine groups is 1. The second kappa shape index (κ2) is 7.10. The summed E-state index contributed by atoms with van der Waals surface area (Å²) in [6.07, 6.45) is 3.29. The molecule has 0 radical (unpaired) electrons. The van der Waals surface area contributed by atoms with Gasteiger partial charge in [-0.2, -0.15) is 0 Å². The summed E-state index contributed by atoms with van der Waals surface area (Å²) in [4.78, 5) is 14.8. The average Bonchev–Trinajstić information content (AvgIpc) is 2.78. The molecular formula is C20H28ClN3O2. The zero-order chi connectivity index (χ0) is 18.9. The van der Waals surface area contributed by atoms with Crippen molar-refractivity contribution in [1.29, 1.82) is 0 Å². The van der Waals surface area contributed by atoms with Crippen molar-refractivity contribution < 1.29 is 9.53 Å². The highest BCUT2D eigenvalue weighted by molar-refractivity contribution is 6.36. The fraction of sp³-hybridized carbons (Fsp3) is 0.600. The molecule has 2 fully saturated rings. The molecule has 1 aliphatic carbocycles. The summed E-state index contributed by atoms with van der Waals surface area (Å²) in [5, 5.41) is 4.99. The van der Waals surface area contributed by atoms with Crippen LogP contribution in [0.3, 0.4) is 0 Å². The summed E-state index contributed by atoms with van der Waals surface area (Å²) >= 11 is 6.20. The van der Waals surface area contributed by atoms with Crippen LogP contribution in [-0.4, -0.2) is 35.9 Å². The van der Waals surface area contributed by atoms with Crippen molar-refractivity contribution in [3.63, 3.8) is 0 Å². The minimum atomic E-state index is -0.388. The van der Waals surface area contributed by atoms with E-state index in [9.17, 15) is 4.79 Å². The van der Waals surface area contributed by atoms with Gasteiger partial charge in [-0.25, -0.2) is 4.79 Å². The Morgan fingerprint density at radius 3 is 2.77 bits per heavy atom. The molecule has 1 aromatic rings. The summed E-state index contributed by atoms with van der Waals surface area (Å²) in [6.45, 7) is 9.89. The van der Waals surface area contributed by atoms with E-state index in [1.54, 1.807) is 6.07 Å². The van der Waals surface area contributed by atoms with Gasteiger partial charge in [-0.1, -0.05) is 44.5 Å². The zero-order valence-electron chi connectivity index (χ0n) is 16.0. The van der Waals surface area contributed by atoms with Gasteiger partial charge in [0.25, 0.3) is 0 Å². The van der Waals surface area contributed by atoms with Crippen molar-refractivity contribution in [2.24, 2.45) is 15.9 Å². The number of anilines is 1. The molecule has 3 rings (SSSR count). The molecule has 26 heavy (non-hydrogen) atoms. The average molecular weight is 378 g/mol. The summed E-state index contributed by atoms with van der Waals surface area (Å²) in [7, 11) is 0. The highest BCUT2D eigenvalue weighted by Gasteiger charge is 2.51. The number of hydrogen-bond donors (Lipinski definition) is 1. The Balaban J connectivity index is 1.89. The van der Waals surface area contributed by atoms with Gasteiger partial charge < -0.3 is 9.64 Å². The Bertz CT molecular complexity index is 719. The number of para-hydroxylation sites is 1. The Labute approximate surface area is 160 Å². The maximum atomic E-state index is 12.6. The maximum absolute atomic E-state index is 12.6. The molecule has 1 aliphatic heterocycles. The summed E-state index contributed by atoms with van der Waals surface area (Å²) in [5.41, 5.74) is 4.09. The van der Waals surface area contributed by atoms with Gasteiger partial charge in [0.2, 0.25) is 5.84 Å². The number of likely N-dealkylation sites (tertiary alicyclic amines) is 1. The second-order valence-electron chi connectivity index (χ2n) is 8.59. The summed E-state index contributed by atoms with van der Waals surface area (Å²) in [5.74, 6) is -0.0424. The lowest BCUT2D eigenvalue weighted by Crippen LogP contribution is -2.42. The van der Waals surface area contributed by atoms with E-state index in [1.807, 2.05) is 25.1 Å². The van der Waals surface area contributed by atoms with Gasteiger partial charge in [-0.15, -0.1) is 5.10 Å². The van der Waals surface area contributed by atoms with Crippen LogP contribution >= 0.6 is 11.6 Å². The molecule has 6 heteroatoms. The van der Waals surface area contributed by atoms with E-state index in [0.29, 0.717) is 29.2 Å². The number of esters is 1. The van der Waals surface area contributed by atoms with Gasteiger partial charge in [-0.3, -0.25) is 5.43 Å². The lowest BCUT2D eigenvalue weighted by molar-refractivity contribution is -0.136. The van der Waals surface area contributed by atoms with Crippen molar-refractivity contribution in [1.82, 2.24) is 4.90 Å². The number of nitrogens with one attached hydrogen (secondary N) is 1. The van der Waals surface area contributed by atoms with Crippen LogP contribution in [0, 0.1) is 10.8 Å². The quantitative estimate of drug-likeness (QED) is 0.364. The van der Waals surface area contributed by atoms with Crippen molar-refractivity contribution in [2.45, 2.75) is 53.0 Å². The first kappa shape index (κ1) is 19.0. The number of ether oxygens (including phenoxy) is 1. The first-order valence-corrected chi connectivity index (χ1v) is 9.63. The molecule has 5 nitrogen and oxygen atoms in total. The molecule has 1 saturated heterocycles. The van der Waals surface area contributed by atoms with E-state index >= 15 is 0 Å². The molecule has 2 atom stereocenters. The van der Waals surface area contributed by atoms with Crippen LogP contribution in [0.1, 0.15) is 47.0 Å². The van der Waals surface area contributed by atoms with E-state index in [0.717, 1.165) is 25.8 Å². The first-order chi connectivity index (χ1) is 12.2. The molecule has 2 bridgehead atoms. The number of rotatable bonds is 3. The molecule has 1 heterocycles.